The Hall–Kier alpha value is -1.42. The number of rotatable bonds is 2. The molecule has 102 valence electrons. The van der Waals surface area contributed by atoms with E-state index in [0.29, 0.717) is 17.4 Å². The van der Waals surface area contributed by atoms with E-state index in [9.17, 15) is 9.18 Å². The second-order valence-electron chi connectivity index (χ2n) is 5.64. The molecule has 2 fully saturated rings. The molecule has 0 radical (unpaired) electrons. The van der Waals surface area contributed by atoms with Gasteiger partial charge in [-0.15, -0.1) is 0 Å². The molecular formula is C15H19FN2O. The first kappa shape index (κ1) is 12.6. The summed E-state index contributed by atoms with van der Waals surface area (Å²) >= 11 is 0. The van der Waals surface area contributed by atoms with Crippen molar-refractivity contribution in [3.05, 3.63) is 35.6 Å². The van der Waals surface area contributed by atoms with Crippen LogP contribution in [0.15, 0.2) is 24.3 Å². The van der Waals surface area contributed by atoms with Crippen LogP contribution in [0.2, 0.25) is 0 Å². The zero-order valence-electron chi connectivity index (χ0n) is 11.1. The van der Waals surface area contributed by atoms with E-state index in [-0.39, 0.29) is 24.2 Å². The number of likely N-dealkylation sites (tertiary alicyclic amines) is 1. The van der Waals surface area contributed by atoms with Crippen LogP contribution in [-0.4, -0.2) is 36.5 Å². The van der Waals surface area contributed by atoms with Gasteiger partial charge in [-0.3, -0.25) is 4.79 Å². The third-order valence-corrected chi connectivity index (χ3v) is 4.55. The zero-order valence-corrected chi connectivity index (χ0v) is 11.1. The van der Waals surface area contributed by atoms with Crippen molar-refractivity contribution in [3.8, 4) is 0 Å². The quantitative estimate of drug-likeness (QED) is 0.874. The van der Waals surface area contributed by atoms with Crippen LogP contribution in [-0.2, 0) is 11.2 Å². The maximum absolute atomic E-state index is 13.6. The Morgan fingerprint density at radius 2 is 2.21 bits per heavy atom. The number of hydrogen-bond acceptors (Lipinski definition) is 2. The van der Waals surface area contributed by atoms with Gasteiger partial charge in [0.25, 0.3) is 0 Å². The van der Waals surface area contributed by atoms with Crippen molar-refractivity contribution in [1.29, 1.82) is 0 Å². The molecule has 1 N–H and O–H groups in total. The fraction of sp³-hybridized carbons (Fsp3) is 0.533. The molecule has 1 aromatic carbocycles. The Bertz CT molecular complexity index is 491. The lowest BCUT2D eigenvalue weighted by Crippen LogP contribution is -2.39. The molecule has 3 rings (SSSR count). The van der Waals surface area contributed by atoms with E-state index in [4.69, 9.17) is 0 Å². The molecule has 3 atom stereocenters. The van der Waals surface area contributed by atoms with Gasteiger partial charge in [0.2, 0.25) is 5.91 Å². The molecule has 2 aliphatic heterocycles. The molecule has 0 aliphatic carbocycles. The van der Waals surface area contributed by atoms with E-state index in [2.05, 4.69) is 12.2 Å². The van der Waals surface area contributed by atoms with E-state index < -0.39 is 0 Å². The summed E-state index contributed by atoms with van der Waals surface area (Å²) in [5, 5.41) is 3.38. The molecule has 4 heteroatoms. The van der Waals surface area contributed by atoms with Gasteiger partial charge in [0.1, 0.15) is 5.82 Å². The lowest BCUT2D eigenvalue weighted by Gasteiger charge is -2.24. The number of carbonyl (C=O) groups excluding carboxylic acids is 1. The standard InChI is InChI=1S/C15H19FN2O/c1-10-13-8-17-7-12(13)9-18(10)15(19)6-11-4-2-3-5-14(11)16/h2-5,10,12-13,17H,6-9H2,1H3. The summed E-state index contributed by atoms with van der Waals surface area (Å²) in [6.07, 6.45) is 0.171. The van der Waals surface area contributed by atoms with Gasteiger partial charge >= 0.3 is 0 Å². The molecule has 2 heterocycles. The monoisotopic (exact) mass is 262 g/mol. The maximum Gasteiger partial charge on any atom is 0.227 e. The Morgan fingerprint density at radius 1 is 1.42 bits per heavy atom. The van der Waals surface area contributed by atoms with E-state index >= 15 is 0 Å². The first-order valence-corrected chi connectivity index (χ1v) is 6.90. The summed E-state index contributed by atoms with van der Waals surface area (Å²) < 4.78 is 13.6. The van der Waals surface area contributed by atoms with Crippen LogP contribution in [0.1, 0.15) is 12.5 Å². The molecule has 0 saturated carbocycles. The number of benzene rings is 1. The molecule has 2 saturated heterocycles. The van der Waals surface area contributed by atoms with Gasteiger partial charge in [-0.25, -0.2) is 4.39 Å². The highest BCUT2D eigenvalue weighted by atomic mass is 19.1. The van der Waals surface area contributed by atoms with Gasteiger partial charge in [0.05, 0.1) is 6.42 Å². The predicted octanol–water partition coefficient (Wildman–Crippen LogP) is 1.43. The molecule has 0 spiro atoms. The number of nitrogens with zero attached hydrogens (tertiary/aromatic N) is 1. The van der Waals surface area contributed by atoms with E-state index in [1.807, 2.05) is 4.90 Å². The summed E-state index contributed by atoms with van der Waals surface area (Å²) in [5.41, 5.74) is 0.495. The van der Waals surface area contributed by atoms with Gasteiger partial charge in [0.15, 0.2) is 0 Å². The van der Waals surface area contributed by atoms with Crippen LogP contribution >= 0.6 is 0 Å². The summed E-state index contributed by atoms with van der Waals surface area (Å²) in [5.74, 6) is 0.890. The van der Waals surface area contributed by atoms with Crippen LogP contribution < -0.4 is 5.32 Å². The third kappa shape index (κ3) is 2.25. The first-order valence-electron chi connectivity index (χ1n) is 6.90. The summed E-state index contributed by atoms with van der Waals surface area (Å²) in [6.45, 7) is 4.91. The molecule has 2 aliphatic rings. The lowest BCUT2D eigenvalue weighted by atomic mass is 9.95. The number of fused-ring (bicyclic) bond motifs is 1. The average molecular weight is 262 g/mol. The van der Waals surface area contributed by atoms with E-state index in [1.54, 1.807) is 18.2 Å². The number of amides is 1. The number of nitrogens with one attached hydrogen (secondary N) is 1. The number of hydrogen-bond donors (Lipinski definition) is 1. The van der Waals surface area contributed by atoms with Crippen LogP contribution in [0.3, 0.4) is 0 Å². The smallest absolute Gasteiger partial charge is 0.227 e. The second-order valence-corrected chi connectivity index (χ2v) is 5.64. The van der Waals surface area contributed by atoms with Crippen molar-refractivity contribution in [2.45, 2.75) is 19.4 Å². The molecule has 19 heavy (non-hydrogen) atoms. The van der Waals surface area contributed by atoms with Crippen LogP contribution in [0.5, 0.6) is 0 Å². The minimum absolute atomic E-state index is 0.0481. The summed E-state index contributed by atoms with van der Waals surface area (Å²) in [4.78, 5) is 14.3. The van der Waals surface area contributed by atoms with Crippen molar-refractivity contribution in [2.24, 2.45) is 11.8 Å². The molecule has 0 aromatic heterocycles. The summed E-state index contributed by atoms with van der Waals surface area (Å²) in [6, 6.07) is 6.79. The fourth-order valence-electron chi connectivity index (χ4n) is 3.40. The van der Waals surface area contributed by atoms with Crippen molar-refractivity contribution in [1.82, 2.24) is 10.2 Å². The third-order valence-electron chi connectivity index (χ3n) is 4.55. The highest BCUT2D eigenvalue weighted by Crippen LogP contribution is 2.32. The molecule has 3 unspecified atom stereocenters. The fourth-order valence-corrected chi connectivity index (χ4v) is 3.40. The highest BCUT2D eigenvalue weighted by molar-refractivity contribution is 5.79. The minimum atomic E-state index is -0.287. The molecule has 1 aromatic rings. The largest absolute Gasteiger partial charge is 0.339 e. The van der Waals surface area contributed by atoms with E-state index in [0.717, 1.165) is 19.6 Å². The zero-order chi connectivity index (χ0) is 13.4. The Morgan fingerprint density at radius 3 is 2.95 bits per heavy atom. The van der Waals surface area contributed by atoms with Crippen molar-refractivity contribution >= 4 is 5.91 Å². The average Bonchev–Trinajstić information content (AvgIpc) is 2.96. The molecular weight excluding hydrogens is 243 g/mol. The lowest BCUT2D eigenvalue weighted by molar-refractivity contribution is -0.131. The van der Waals surface area contributed by atoms with Gasteiger partial charge in [-0.2, -0.15) is 0 Å². The van der Waals surface area contributed by atoms with Gasteiger partial charge in [-0.05, 0) is 30.4 Å². The van der Waals surface area contributed by atoms with Gasteiger partial charge in [0, 0.05) is 25.7 Å². The van der Waals surface area contributed by atoms with Crippen LogP contribution in [0, 0.1) is 17.7 Å². The number of carbonyl (C=O) groups is 1. The van der Waals surface area contributed by atoms with E-state index in [1.165, 1.54) is 6.07 Å². The first-order chi connectivity index (χ1) is 9.16. The maximum atomic E-state index is 13.6. The molecule has 1 amide bonds. The minimum Gasteiger partial charge on any atom is -0.339 e. The molecule has 3 nitrogen and oxygen atoms in total. The van der Waals surface area contributed by atoms with Crippen LogP contribution in [0.4, 0.5) is 4.39 Å². The van der Waals surface area contributed by atoms with Gasteiger partial charge in [-0.1, -0.05) is 18.2 Å². The van der Waals surface area contributed by atoms with Crippen molar-refractivity contribution < 1.29 is 9.18 Å². The SMILES string of the molecule is CC1C2CNCC2CN1C(=O)Cc1ccccc1F. The molecule has 0 bridgehead atoms. The van der Waals surface area contributed by atoms with Gasteiger partial charge < -0.3 is 10.2 Å². The van der Waals surface area contributed by atoms with Crippen molar-refractivity contribution in [2.75, 3.05) is 19.6 Å². The van der Waals surface area contributed by atoms with Crippen molar-refractivity contribution in [3.63, 3.8) is 0 Å². The number of halogens is 1. The second kappa shape index (κ2) is 4.93. The Labute approximate surface area is 112 Å². The Balaban J connectivity index is 1.70. The predicted molar refractivity (Wildman–Crippen MR) is 71.1 cm³/mol. The summed E-state index contributed by atoms with van der Waals surface area (Å²) in [7, 11) is 0. The Kier molecular flexibility index (Phi) is 3.27. The topological polar surface area (TPSA) is 32.3 Å². The highest BCUT2D eigenvalue weighted by Gasteiger charge is 2.43. The van der Waals surface area contributed by atoms with Crippen LogP contribution in [0.25, 0.3) is 0 Å². The normalized spacial score (nSPS) is 29.6.